The predicted octanol–water partition coefficient (Wildman–Crippen LogP) is 5.81. The number of hydrogen-bond acceptors (Lipinski definition) is 11. The summed E-state index contributed by atoms with van der Waals surface area (Å²) in [5, 5.41) is 0. The summed E-state index contributed by atoms with van der Waals surface area (Å²) in [6.45, 7) is 14.3. The molecule has 11 nitrogen and oxygen atoms in total. The molecule has 2 aliphatic rings. The number of hydrogen-bond donors (Lipinski definition) is 0. The normalized spacial score (nSPS) is 17.2. The van der Waals surface area contributed by atoms with E-state index in [0.717, 1.165) is 36.9 Å². The van der Waals surface area contributed by atoms with Gasteiger partial charge in [-0.25, -0.2) is 14.6 Å². The number of fused-ring (bicyclic) bond motifs is 2. The van der Waals surface area contributed by atoms with Gasteiger partial charge in [0, 0.05) is 35.0 Å². The maximum Gasteiger partial charge on any atom is 0.342 e. The molecule has 0 saturated carbocycles. The zero-order chi connectivity index (χ0) is 36.2. The van der Waals surface area contributed by atoms with Gasteiger partial charge in [-0.3, -0.25) is 19.6 Å². The van der Waals surface area contributed by atoms with Gasteiger partial charge in [0.15, 0.2) is 19.6 Å². The van der Waals surface area contributed by atoms with Crippen LogP contribution in [0.3, 0.4) is 0 Å². The fraction of sp³-hybridized carbons (Fsp3) is 0.237. The molecule has 2 aliphatic heterocycles. The molecule has 0 fully saturated rings. The van der Waals surface area contributed by atoms with Crippen LogP contribution < -0.4 is 9.80 Å². The SMILES string of the molecule is [CH]=Cc1cc2c(s1)C(c1ccccc1C)=NC(COOCOCOC(=O)C1N=C(c3ccccc3C)c3sc(C=[CH])cc3N(C)C1=O)C(=O)N2C. The van der Waals surface area contributed by atoms with Crippen LogP contribution in [-0.4, -0.2) is 75.6 Å². The summed E-state index contributed by atoms with van der Waals surface area (Å²) in [5.74, 6) is -1.76. The average Bonchev–Trinajstić information content (AvgIpc) is 3.73. The Hall–Kier alpha value is -5.05. The number of benzene rings is 2. The quantitative estimate of drug-likeness (QED) is 0.0453. The fourth-order valence-electron chi connectivity index (χ4n) is 5.67. The van der Waals surface area contributed by atoms with E-state index in [4.69, 9.17) is 37.4 Å². The van der Waals surface area contributed by atoms with Crippen molar-refractivity contribution in [1.82, 2.24) is 0 Å². The number of aryl methyl sites for hydroxylation is 2. The van der Waals surface area contributed by atoms with E-state index in [0.29, 0.717) is 27.7 Å². The number of rotatable bonds is 12. The Morgan fingerprint density at radius 1 is 0.784 bits per heavy atom. The molecule has 6 rings (SSSR count). The molecule has 0 aliphatic carbocycles. The van der Waals surface area contributed by atoms with Crippen molar-refractivity contribution < 1.29 is 33.6 Å². The van der Waals surface area contributed by atoms with Gasteiger partial charge in [-0.05, 0) is 49.3 Å². The second-order valence-corrected chi connectivity index (χ2v) is 13.8. The monoisotopic (exact) mass is 722 g/mol. The van der Waals surface area contributed by atoms with Gasteiger partial charge in [-0.2, -0.15) is 0 Å². The first-order valence-electron chi connectivity index (χ1n) is 15.8. The van der Waals surface area contributed by atoms with Crippen LogP contribution in [0.2, 0.25) is 0 Å². The van der Waals surface area contributed by atoms with Crippen LogP contribution in [0.5, 0.6) is 0 Å². The lowest BCUT2D eigenvalue weighted by Crippen LogP contribution is -2.40. The summed E-state index contributed by atoms with van der Waals surface area (Å²) in [7, 11) is 3.25. The summed E-state index contributed by atoms with van der Waals surface area (Å²) in [6, 6.07) is 16.6. The van der Waals surface area contributed by atoms with Gasteiger partial charge in [0.2, 0.25) is 6.04 Å². The van der Waals surface area contributed by atoms with E-state index in [1.54, 1.807) is 20.2 Å². The van der Waals surface area contributed by atoms with E-state index in [9.17, 15) is 14.4 Å². The Morgan fingerprint density at radius 3 is 1.86 bits per heavy atom. The van der Waals surface area contributed by atoms with Gasteiger partial charge in [0.25, 0.3) is 11.8 Å². The Labute approximate surface area is 303 Å². The lowest BCUT2D eigenvalue weighted by Gasteiger charge is -2.18. The second-order valence-electron chi connectivity index (χ2n) is 11.7. The van der Waals surface area contributed by atoms with Crippen molar-refractivity contribution >= 4 is 75.4 Å². The molecule has 0 bridgehead atoms. The number of nitrogens with zero attached hydrogens (tertiary/aromatic N) is 4. The Kier molecular flexibility index (Phi) is 10.8. The molecule has 2 aromatic carbocycles. The van der Waals surface area contributed by atoms with Crippen LogP contribution in [0.4, 0.5) is 11.4 Å². The minimum Gasteiger partial charge on any atom is -0.436 e. The van der Waals surface area contributed by atoms with Gasteiger partial charge in [-0.1, -0.05) is 61.7 Å². The first kappa shape index (κ1) is 35.8. The molecule has 4 heterocycles. The number of amides is 2. The number of ether oxygens (including phenoxy) is 2. The Bertz CT molecular complexity index is 2080. The molecule has 2 radical (unpaired) electrons. The van der Waals surface area contributed by atoms with Crippen molar-refractivity contribution in [2.24, 2.45) is 9.98 Å². The van der Waals surface area contributed by atoms with E-state index < -0.39 is 37.5 Å². The lowest BCUT2D eigenvalue weighted by molar-refractivity contribution is -0.343. The molecule has 51 heavy (non-hydrogen) atoms. The highest BCUT2D eigenvalue weighted by Gasteiger charge is 2.37. The molecule has 0 saturated heterocycles. The van der Waals surface area contributed by atoms with Crippen LogP contribution >= 0.6 is 22.7 Å². The Morgan fingerprint density at radius 2 is 1.31 bits per heavy atom. The standard InChI is InChI=1S/C38H34N4O7S2/c1-7-24-17-29-34(50-24)31(26-15-11-9-13-22(26)3)39-28(36(43)41(29)5)19-48-49-21-46-20-47-38(45)33-37(44)42(6)30-18-25(8-2)51-35(30)32(40-33)27-16-12-10-14-23(27)4/h1-2,7-18,28,33H,19-21H2,3-6H3. The molecule has 260 valence electrons. The number of carbonyl (C=O) groups is 3. The lowest BCUT2D eigenvalue weighted by atomic mass is 10.0. The fourth-order valence-corrected chi connectivity index (χ4v) is 7.74. The number of thiophene rings is 2. The number of carbonyl (C=O) groups excluding carboxylic acids is 3. The molecule has 2 aromatic heterocycles. The molecule has 4 aromatic rings. The van der Waals surface area contributed by atoms with E-state index in [1.807, 2.05) is 68.4 Å². The number of anilines is 2. The topological polar surface area (TPSA) is 119 Å². The first-order valence-corrected chi connectivity index (χ1v) is 17.5. The third-order valence-corrected chi connectivity index (χ3v) is 10.6. The van der Waals surface area contributed by atoms with Crippen LogP contribution in [0.15, 0.2) is 70.6 Å². The molecule has 0 N–H and O–H groups in total. The van der Waals surface area contributed by atoms with E-state index >= 15 is 0 Å². The predicted molar refractivity (Wildman–Crippen MR) is 198 cm³/mol. The van der Waals surface area contributed by atoms with Crippen molar-refractivity contribution in [3.05, 3.63) is 116 Å². The van der Waals surface area contributed by atoms with Crippen molar-refractivity contribution in [3.63, 3.8) is 0 Å². The van der Waals surface area contributed by atoms with Gasteiger partial charge in [0.1, 0.15) is 6.61 Å². The van der Waals surface area contributed by atoms with Crippen LogP contribution in [0.1, 0.15) is 41.8 Å². The van der Waals surface area contributed by atoms with Crippen molar-refractivity contribution in [2.75, 3.05) is 44.1 Å². The zero-order valence-electron chi connectivity index (χ0n) is 28.3. The molecule has 2 amide bonds. The third-order valence-electron chi connectivity index (χ3n) is 8.42. The minimum atomic E-state index is -1.48. The van der Waals surface area contributed by atoms with Crippen LogP contribution in [-0.2, 0) is 33.6 Å². The van der Waals surface area contributed by atoms with Gasteiger partial charge < -0.3 is 19.3 Å². The van der Waals surface area contributed by atoms with Gasteiger partial charge >= 0.3 is 5.97 Å². The highest BCUT2D eigenvalue weighted by molar-refractivity contribution is 7.16. The van der Waals surface area contributed by atoms with Crippen molar-refractivity contribution in [3.8, 4) is 0 Å². The minimum absolute atomic E-state index is 0.209. The van der Waals surface area contributed by atoms with E-state index in [1.165, 1.54) is 44.6 Å². The molecule has 13 heteroatoms. The number of likely N-dealkylation sites (N-methyl/N-ethyl adjacent to an activating group) is 2. The summed E-state index contributed by atoms with van der Waals surface area (Å²) in [6.07, 6.45) is 2.96. The number of aliphatic imine (C=N–C) groups is 2. The smallest absolute Gasteiger partial charge is 0.342 e. The summed E-state index contributed by atoms with van der Waals surface area (Å²) >= 11 is 2.81. The highest BCUT2D eigenvalue weighted by atomic mass is 32.1. The van der Waals surface area contributed by atoms with E-state index in [2.05, 4.69) is 4.99 Å². The maximum absolute atomic E-state index is 13.5. The van der Waals surface area contributed by atoms with E-state index in [-0.39, 0.29) is 12.5 Å². The second kappa shape index (κ2) is 15.5. The van der Waals surface area contributed by atoms with Crippen molar-refractivity contribution in [1.29, 1.82) is 0 Å². The maximum atomic E-state index is 13.5. The first-order chi connectivity index (χ1) is 24.6. The van der Waals surface area contributed by atoms with Crippen LogP contribution in [0.25, 0.3) is 12.2 Å². The summed E-state index contributed by atoms with van der Waals surface area (Å²) in [4.78, 5) is 66.1. The van der Waals surface area contributed by atoms with Crippen LogP contribution in [0, 0.1) is 27.0 Å². The average molecular weight is 723 g/mol. The van der Waals surface area contributed by atoms with Gasteiger partial charge in [-0.15, -0.1) is 22.7 Å². The summed E-state index contributed by atoms with van der Waals surface area (Å²) < 4.78 is 10.6. The molecular formula is C38H34N4O7S2. The summed E-state index contributed by atoms with van der Waals surface area (Å²) in [5.41, 5.74) is 5.98. The molecular weight excluding hydrogens is 689 g/mol. The molecule has 2 atom stereocenters. The number of esters is 1. The van der Waals surface area contributed by atoms with Crippen molar-refractivity contribution in [2.45, 2.75) is 25.9 Å². The highest BCUT2D eigenvalue weighted by Crippen LogP contribution is 2.37. The Balaban J connectivity index is 1.09. The zero-order valence-corrected chi connectivity index (χ0v) is 30.0. The third kappa shape index (κ3) is 7.25. The molecule has 2 unspecified atom stereocenters. The largest absolute Gasteiger partial charge is 0.436 e. The van der Waals surface area contributed by atoms with Gasteiger partial charge in [0.05, 0.1) is 32.6 Å². The molecule has 0 spiro atoms.